The number of fused-ring (bicyclic) bond motifs is 1. The molecule has 0 atom stereocenters. The van der Waals surface area contributed by atoms with Crippen LogP contribution in [0.25, 0.3) is 16.6 Å². The highest BCUT2D eigenvalue weighted by atomic mass is 79.9. The molecule has 0 radical (unpaired) electrons. The van der Waals surface area contributed by atoms with E-state index in [-0.39, 0.29) is 18.1 Å². The number of carbonyl (C=O) groups excluding carboxylic acids is 1. The number of nitrogens with zero attached hydrogens (tertiary/aromatic N) is 3. The van der Waals surface area contributed by atoms with Crippen LogP contribution in [0.15, 0.2) is 53.4 Å². The van der Waals surface area contributed by atoms with Crippen LogP contribution in [0.5, 0.6) is 0 Å². The molecule has 0 saturated heterocycles. The Morgan fingerprint density at radius 3 is 2.50 bits per heavy atom. The number of hydrogen-bond acceptors (Lipinski definition) is 5. The highest BCUT2D eigenvalue weighted by Crippen LogP contribution is 2.38. The number of aliphatic hydroxyl groups excluding tert-OH is 1. The number of benzene rings is 2. The standard InChI is InChI=1S/C21H15BrF4N6O2/c22-18-13(8-33)16(17-19(27)28-9-29-32(17)18)10-1-4-12(5-2-10)30-20(34)31-15-7-11(21(24,25)26)3-6-14(15)23/h1-7,9,33H,8H2,(H2,27,28,29)(H2,30,31,34). The molecule has 4 rings (SSSR count). The van der Waals surface area contributed by atoms with Gasteiger partial charge in [-0.1, -0.05) is 12.1 Å². The van der Waals surface area contributed by atoms with E-state index in [9.17, 15) is 27.5 Å². The summed E-state index contributed by atoms with van der Waals surface area (Å²) >= 11 is 3.39. The summed E-state index contributed by atoms with van der Waals surface area (Å²) in [5.74, 6) is -0.823. The van der Waals surface area contributed by atoms with Crippen LogP contribution in [0.1, 0.15) is 11.1 Å². The summed E-state index contributed by atoms with van der Waals surface area (Å²) < 4.78 is 54.4. The Hall–Kier alpha value is -3.71. The molecular weight excluding hydrogens is 524 g/mol. The number of aromatic nitrogens is 3. The summed E-state index contributed by atoms with van der Waals surface area (Å²) in [6.07, 6.45) is -3.41. The fourth-order valence-electron chi connectivity index (χ4n) is 3.38. The van der Waals surface area contributed by atoms with E-state index in [1.807, 2.05) is 0 Å². The SMILES string of the molecule is Nc1ncnn2c(Br)c(CO)c(-c3ccc(NC(=O)Nc4cc(C(F)(F)F)ccc4F)cc3)c12. The second kappa shape index (κ2) is 8.91. The number of nitrogens with one attached hydrogen (secondary N) is 2. The van der Waals surface area contributed by atoms with Crippen LogP contribution in [0.2, 0.25) is 0 Å². The van der Waals surface area contributed by atoms with Crippen molar-refractivity contribution in [3.63, 3.8) is 0 Å². The van der Waals surface area contributed by atoms with Gasteiger partial charge in [0.2, 0.25) is 0 Å². The van der Waals surface area contributed by atoms with Crippen LogP contribution in [-0.4, -0.2) is 25.7 Å². The second-order valence-corrected chi connectivity index (χ2v) is 7.81. The zero-order chi connectivity index (χ0) is 24.6. The molecule has 2 aromatic carbocycles. The number of amides is 2. The number of alkyl halides is 3. The zero-order valence-electron chi connectivity index (χ0n) is 17.0. The van der Waals surface area contributed by atoms with Crippen LogP contribution in [0.4, 0.5) is 39.5 Å². The lowest BCUT2D eigenvalue weighted by atomic mass is 10.0. The molecule has 0 aliphatic heterocycles. The van der Waals surface area contributed by atoms with Crippen molar-refractivity contribution in [1.29, 1.82) is 0 Å². The van der Waals surface area contributed by atoms with E-state index in [4.69, 9.17) is 5.73 Å². The molecule has 0 unspecified atom stereocenters. The number of rotatable bonds is 4. The Labute approximate surface area is 197 Å². The van der Waals surface area contributed by atoms with E-state index < -0.39 is 29.3 Å². The van der Waals surface area contributed by atoms with Crippen LogP contribution in [0.3, 0.4) is 0 Å². The molecule has 0 fully saturated rings. The fraction of sp³-hybridized carbons (Fsp3) is 0.0952. The summed E-state index contributed by atoms with van der Waals surface area (Å²) in [5.41, 5.74) is 6.78. The zero-order valence-corrected chi connectivity index (χ0v) is 18.6. The predicted molar refractivity (Wildman–Crippen MR) is 121 cm³/mol. The van der Waals surface area contributed by atoms with Crippen LogP contribution in [0, 0.1) is 5.82 Å². The Kier molecular flexibility index (Phi) is 6.15. The van der Waals surface area contributed by atoms with Gasteiger partial charge in [0.05, 0.1) is 17.9 Å². The van der Waals surface area contributed by atoms with Crippen molar-refractivity contribution in [3.05, 3.63) is 70.3 Å². The maximum Gasteiger partial charge on any atom is 0.416 e. The molecule has 0 saturated carbocycles. The molecule has 34 heavy (non-hydrogen) atoms. The van der Waals surface area contributed by atoms with E-state index in [2.05, 4.69) is 36.6 Å². The molecule has 2 aromatic heterocycles. The minimum absolute atomic E-state index is 0.190. The Morgan fingerprint density at radius 2 is 1.85 bits per heavy atom. The first kappa shape index (κ1) is 23.4. The van der Waals surface area contributed by atoms with E-state index >= 15 is 0 Å². The first-order valence-corrected chi connectivity index (χ1v) is 10.3. The highest BCUT2D eigenvalue weighted by Gasteiger charge is 2.31. The maximum atomic E-state index is 13.9. The summed E-state index contributed by atoms with van der Waals surface area (Å²) in [7, 11) is 0. The van der Waals surface area contributed by atoms with Crippen molar-refractivity contribution in [2.75, 3.05) is 16.4 Å². The van der Waals surface area contributed by atoms with Gasteiger partial charge in [0.25, 0.3) is 0 Å². The summed E-state index contributed by atoms with van der Waals surface area (Å²) in [4.78, 5) is 16.2. The second-order valence-electron chi connectivity index (χ2n) is 7.06. The lowest BCUT2D eigenvalue weighted by molar-refractivity contribution is -0.137. The molecule has 0 aliphatic carbocycles. The maximum absolute atomic E-state index is 13.9. The first-order valence-electron chi connectivity index (χ1n) is 9.55. The third-order valence-electron chi connectivity index (χ3n) is 4.92. The van der Waals surface area contributed by atoms with Gasteiger partial charge in [0.1, 0.15) is 22.3 Å². The number of anilines is 3. The smallest absolute Gasteiger partial charge is 0.392 e. The fourth-order valence-corrected chi connectivity index (χ4v) is 3.97. The minimum atomic E-state index is -4.68. The van der Waals surface area contributed by atoms with Crippen molar-refractivity contribution < 1.29 is 27.5 Å². The molecule has 5 N–H and O–H groups in total. The molecular formula is C21H15BrF4N6O2. The average molecular weight is 539 g/mol. The highest BCUT2D eigenvalue weighted by molar-refractivity contribution is 9.10. The number of carbonyl (C=O) groups is 1. The Bertz CT molecular complexity index is 1390. The molecule has 176 valence electrons. The number of aliphatic hydroxyl groups is 1. The van der Waals surface area contributed by atoms with E-state index in [1.165, 1.54) is 23.0 Å². The average Bonchev–Trinajstić information content (AvgIpc) is 3.08. The van der Waals surface area contributed by atoms with Gasteiger partial charge in [-0.2, -0.15) is 18.3 Å². The molecule has 2 heterocycles. The van der Waals surface area contributed by atoms with Gasteiger partial charge in [-0.3, -0.25) is 0 Å². The number of hydrogen-bond donors (Lipinski definition) is 4. The van der Waals surface area contributed by atoms with Gasteiger partial charge in [-0.05, 0) is 51.8 Å². The largest absolute Gasteiger partial charge is 0.416 e. The van der Waals surface area contributed by atoms with Crippen molar-refractivity contribution >= 4 is 44.7 Å². The Morgan fingerprint density at radius 1 is 1.15 bits per heavy atom. The van der Waals surface area contributed by atoms with E-state index in [0.717, 1.165) is 0 Å². The van der Waals surface area contributed by atoms with Gasteiger partial charge >= 0.3 is 12.2 Å². The predicted octanol–water partition coefficient (Wildman–Crippen LogP) is 5.04. The Balaban J connectivity index is 1.58. The van der Waals surface area contributed by atoms with E-state index in [0.29, 0.717) is 45.0 Å². The summed E-state index contributed by atoms with van der Waals surface area (Å²) in [6.45, 7) is -0.316. The minimum Gasteiger partial charge on any atom is -0.392 e. The molecule has 13 heteroatoms. The molecule has 4 aromatic rings. The number of nitrogens with two attached hydrogens (primary N) is 1. The number of urea groups is 1. The lowest BCUT2D eigenvalue weighted by Gasteiger charge is -2.12. The normalized spacial score (nSPS) is 11.6. The quantitative estimate of drug-likeness (QED) is 0.272. The monoisotopic (exact) mass is 538 g/mol. The topological polar surface area (TPSA) is 118 Å². The third kappa shape index (κ3) is 4.39. The summed E-state index contributed by atoms with van der Waals surface area (Å²) in [5, 5.41) is 18.5. The molecule has 0 aliphatic rings. The van der Waals surface area contributed by atoms with Crippen molar-refractivity contribution in [2.45, 2.75) is 12.8 Å². The molecule has 0 spiro atoms. The molecule has 2 amide bonds. The van der Waals surface area contributed by atoms with Gasteiger partial charge in [0.15, 0.2) is 5.82 Å². The molecule has 0 bridgehead atoms. The van der Waals surface area contributed by atoms with Gasteiger partial charge in [0, 0.05) is 16.8 Å². The van der Waals surface area contributed by atoms with Gasteiger partial charge < -0.3 is 21.5 Å². The summed E-state index contributed by atoms with van der Waals surface area (Å²) in [6, 6.07) is 7.10. The van der Waals surface area contributed by atoms with Crippen molar-refractivity contribution in [2.24, 2.45) is 0 Å². The van der Waals surface area contributed by atoms with Crippen molar-refractivity contribution in [1.82, 2.24) is 14.6 Å². The number of halogens is 5. The van der Waals surface area contributed by atoms with Gasteiger partial charge in [-0.25, -0.2) is 18.7 Å². The molecule has 8 nitrogen and oxygen atoms in total. The number of nitrogen functional groups attached to an aromatic ring is 1. The van der Waals surface area contributed by atoms with Gasteiger partial charge in [-0.15, -0.1) is 0 Å². The lowest BCUT2D eigenvalue weighted by Crippen LogP contribution is -2.20. The van der Waals surface area contributed by atoms with Crippen molar-refractivity contribution in [3.8, 4) is 11.1 Å². The third-order valence-corrected chi connectivity index (χ3v) is 5.74. The first-order chi connectivity index (χ1) is 16.1. The van der Waals surface area contributed by atoms with Crippen LogP contribution < -0.4 is 16.4 Å². The van der Waals surface area contributed by atoms with Crippen LogP contribution in [-0.2, 0) is 12.8 Å². The van der Waals surface area contributed by atoms with Crippen LogP contribution >= 0.6 is 15.9 Å². The van der Waals surface area contributed by atoms with E-state index in [1.54, 1.807) is 12.1 Å².